The molecule has 0 bridgehead atoms. The number of nitrogens with zero attached hydrogens (tertiary/aromatic N) is 5. The molecule has 6 rings (SSSR count). The fraction of sp³-hybridized carbons (Fsp3) is 0.500. The van der Waals surface area contributed by atoms with Crippen LogP contribution >= 0.6 is 0 Å². The zero-order valence-corrected chi connectivity index (χ0v) is 23.1. The van der Waals surface area contributed by atoms with Gasteiger partial charge >= 0.3 is 0 Å². The zero-order valence-electron chi connectivity index (χ0n) is 23.1. The highest BCUT2D eigenvalue weighted by atomic mass is 16.6. The Labute approximate surface area is 237 Å². The number of rotatable bonds is 8. The number of ether oxygens (including phenoxy) is 4. The van der Waals surface area contributed by atoms with Crippen molar-refractivity contribution in [3.05, 3.63) is 29.5 Å². The quantitative estimate of drug-likeness (QED) is 0.347. The van der Waals surface area contributed by atoms with Crippen molar-refractivity contribution in [1.82, 2.24) is 24.8 Å². The Bertz CT molecular complexity index is 1440. The zero-order chi connectivity index (χ0) is 28.2. The maximum atomic E-state index is 13.6. The smallest absolute Gasteiger partial charge is 0.257 e. The van der Waals surface area contributed by atoms with E-state index in [0.29, 0.717) is 96.6 Å². The van der Waals surface area contributed by atoms with Crippen molar-refractivity contribution in [3.63, 3.8) is 0 Å². The molecular formula is C28H34N8O5. The molecule has 3 aliphatic heterocycles. The van der Waals surface area contributed by atoms with Gasteiger partial charge in [-0.3, -0.25) is 9.69 Å². The fourth-order valence-corrected chi connectivity index (χ4v) is 5.65. The topological polar surface area (TPSA) is 150 Å². The minimum Gasteiger partial charge on any atom is -0.485 e. The molecule has 2 saturated heterocycles. The summed E-state index contributed by atoms with van der Waals surface area (Å²) in [6.07, 6.45) is 3.49. The number of aromatic nitrogens is 3. The van der Waals surface area contributed by atoms with Crippen LogP contribution in [0.4, 0.5) is 17.5 Å². The number of hydrogen-bond acceptors (Lipinski definition) is 11. The Morgan fingerprint density at radius 2 is 1.90 bits per heavy atom. The van der Waals surface area contributed by atoms with Crippen LogP contribution in [0.5, 0.6) is 11.5 Å². The molecule has 0 saturated carbocycles. The first kappa shape index (κ1) is 27.1. The van der Waals surface area contributed by atoms with Crippen molar-refractivity contribution >= 4 is 34.4 Å². The second-order valence-electron chi connectivity index (χ2n) is 10.2. The summed E-state index contributed by atoms with van der Waals surface area (Å²) < 4.78 is 22.6. The van der Waals surface area contributed by atoms with Gasteiger partial charge in [-0.25, -0.2) is 0 Å². The lowest BCUT2D eigenvalue weighted by Crippen LogP contribution is -2.50. The van der Waals surface area contributed by atoms with Crippen LogP contribution in [0, 0.1) is 11.3 Å². The third-order valence-electron chi connectivity index (χ3n) is 7.73. The molecule has 13 nitrogen and oxygen atoms in total. The average molecular weight is 563 g/mol. The molecule has 5 heterocycles. The summed E-state index contributed by atoms with van der Waals surface area (Å²) in [6.45, 7) is 6.55. The third kappa shape index (κ3) is 5.58. The molecular weight excluding hydrogens is 528 g/mol. The van der Waals surface area contributed by atoms with Gasteiger partial charge in [-0.2, -0.15) is 15.2 Å². The number of anilines is 3. The number of fused-ring (bicyclic) bond motifs is 2. The van der Waals surface area contributed by atoms with Gasteiger partial charge in [0.25, 0.3) is 5.91 Å². The summed E-state index contributed by atoms with van der Waals surface area (Å²) >= 11 is 0. The molecule has 13 heteroatoms. The van der Waals surface area contributed by atoms with E-state index in [1.54, 1.807) is 25.4 Å². The number of methoxy groups -OCH3 is 1. The number of piperidine rings is 1. The van der Waals surface area contributed by atoms with Gasteiger partial charge in [0.2, 0.25) is 5.95 Å². The van der Waals surface area contributed by atoms with Crippen molar-refractivity contribution in [2.24, 2.45) is 0 Å². The third-order valence-corrected chi connectivity index (χ3v) is 7.73. The fourth-order valence-electron chi connectivity index (χ4n) is 5.65. The Morgan fingerprint density at radius 1 is 1.12 bits per heavy atom. The number of morpholine rings is 1. The van der Waals surface area contributed by atoms with E-state index in [-0.39, 0.29) is 5.91 Å². The van der Waals surface area contributed by atoms with E-state index in [1.807, 2.05) is 4.90 Å². The summed E-state index contributed by atoms with van der Waals surface area (Å²) in [5, 5.41) is 16.6. The van der Waals surface area contributed by atoms with Crippen molar-refractivity contribution in [3.8, 4) is 17.6 Å². The van der Waals surface area contributed by atoms with Gasteiger partial charge in [0.1, 0.15) is 30.7 Å². The van der Waals surface area contributed by atoms with Crippen LogP contribution in [0.3, 0.4) is 0 Å². The lowest BCUT2D eigenvalue weighted by Gasteiger charge is -2.40. The van der Waals surface area contributed by atoms with Crippen LogP contribution in [-0.2, 0) is 9.47 Å². The predicted molar refractivity (Wildman–Crippen MR) is 151 cm³/mol. The molecule has 216 valence electrons. The van der Waals surface area contributed by atoms with Crippen molar-refractivity contribution < 1.29 is 23.7 Å². The molecule has 41 heavy (non-hydrogen) atoms. The SMILES string of the molecule is COCCNc1nc(Nc2ccc(C(=O)N3CCC(N4CCOCC4)CC3)c3c2OCCO3)nc2[nH]cc(C#N)c12. The average Bonchev–Trinajstić information content (AvgIpc) is 3.45. The van der Waals surface area contributed by atoms with Gasteiger partial charge in [-0.05, 0) is 25.0 Å². The molecule has 1 aromatic carbocycles. The van der Waals surface area contributed by atoms with Crippen LogP contribution in [0.2, 0.25) is 0 Å². The number of carbonyl (C=O) groups excluding carboxylic acids is 1. The van der Waals surface area contributed by atoms with Gasteiger partial charge in [0.15, 0.2) is 11.5 Å². The lowest BCUT2D eigenvalue weighted by molar-refractivity contribution is 0.00152. The number of likely N-dealkylation sites (tertiary alicyclic amines) is 1. The van der Waals surface area contributed by atoms with Crippen molar-refractivity contribution in [2.45, 2.75) is 18.9 Å². The summed E-state index contributed by atoms with van der Waals surface area (Å²) in [5.41, 5.74) is 2.02. The summed E-state index contributed by atoms with van der Waals surface area (Å²) in [5.74, 6) is 1.62. The molecule has 3 aromatic rings. The van der Waals surface area contributed by atoms with Crippen LogP contribution in [0.15, 0.2) is 18.3 Å². The number of amides is 1. The number of H-pyrrole nitrogens is 1. The largest absolute Gasteiger partial charge is 0.485 e. The summed E-state index contributed by atoms with van der Waals surface area (Å²) in [4.78, 5) is 30.3. The number of nitrogens with one attached hydrogen (secondary N) is 3. The highest BCUT2D eigenvalue weighted by Crippen LogP contribution is 2.42. The second-order valence-corrected chi connectivity index (χ2v) is 10.2. The van der Waals surface area contributed by atoms with Crippen molar-refractivity contribution in [1.29, 1.82) is 5.26 Å². The first-order valence-corrected chi connectivity index (χ1v) is 14.0. The van der Waals surface area contributed by atoms with E-state index < -0.39 is 0 Å². The molecule has 3 N–H and O–H groups in total. The molecule has 0 atom stereocenters. The monoisotopic (exact) mass is 562 g/mol. The molecule has 0 aliphatic carbocycles. The molecule has 2 aromatic heterocycles. The standard InChI is InChI=1S/C28H34N8O5/c1-38-11-6-30-25-22-18(16-29)17-31-26(22)34-28(33-25)32-21-3-2-20(23-24(21)41-15-14-40-23)27(37)36-7-4-19(5-8-36)35-9-12-39-13-10-35/h2-3,17,19H,4-15H2,1H3,(H3,30,31,32,33,34). The normalized spacial score (nSPS) is 17.8. The van der Waals surface area contributed by atoms with E-state index in [9.17, 15) is 10.1 Å². The number of carbonyl (C=O) groups is 1. The van der Waals surface area contributed by atoms with E-state index in [2.05, 4.69) is 36.6 Å². The van der Waals surface area contributed by atoms with Gasteiger partial charge < -0.3 is 39.5 Å². The first-order chi connectivity index (χ1) is 20.2. The Balaban J connectivity index is 1.23. The molecule has 3 aliphatic rings. The molecule has 0 spiro atoms. The molecule has 2 fully saturated rings. The summed E-state index contributed by atoms with van der Waals surface area (Å²) in [7, 11) is 1.62. The maximum Gasteiger partial charge on any atom is 0.257 e. The van der Waals surface area contributed by atoms with Gasteiger partial charge in [-0.15, -0.1) is 0 Å². The van der Waals surface area contributed by atoms with Gasteiger partial charge in [-0.1, -0.05) is 0 Å². The van der Waals surface area contributed by atoms with Crippen LogP contribution < -0.4 is 20.1 Å². The number of hydrogen-bond donors (Lipinski definition) is 3. The second kappa shape index (κ2) is 12.2. The van der Waals surface area contributed by atoms with E-state index in [0.717, 1.165) is 39.1 Å². The maximum absolute atomic E-state index is 13.6. The number of aromatic amines is 1. The number of benzene rings is 1. The number of nitriles is 1. The van der Waals surface area contributed by atoms with Crippen molar-refractivity contribution in [2.75, 3.05) is 83.5 Å². The van der Waals surface area contributed by atoms with Gasteiger partial charge in [0, 0.05) is 52.1 Å². The Kier molecular flexibility index (Phi) is 8.04. The highest BCUT2D eigenvalue weighted by molar-refractivity contribution is 5.99. The Hall–Kier alpha value is -4.12. The first-order valence-electron chi connectivity index (χ1n) is 14.0. The van der Waals surface area contributed by atoms with Gasteiger partial charge in [0.05, 0.1) is 42.0 Å². The van der Waals surface area contributed by atoms with E-state index in [4.69, 9.17) is 18.9 Å². The lowest BCUT2D eigenvalue weighted by atomic mass is 10.0. The molecule has 0 unspecified atom stereocenters. The van der Waals surface area contributed by atoms with E-state index >= 15 is 0 Å². The predicted octanol–water partition coefficient (Wildman–Crippen LogP) is 2.34. The minimum absolute atomic E-state index is 0.0588. The molecule has 1 amide bonds. The van der Waals surface area contributed by atoms with E-state index in [1.165, 1.54) is 0 Å². The minimum atomic E-state index is -0.0588. The highest BCUT2D eigenvalue weighted by Gasteiger charge is 2.31. The van der Waals surface area contributed by atoms with Crippen LogP contribution in [-0.4, -0.2) is 110 Å². The molecule has 0 radical (unpaired) electrons. The Morgan fingerprint density at radius 3 is 2.66 bits per heavy atom. The summed E-state index contributed by atoms with van der Waals surface area (Å²) in [6, 6.07) is 6.22. The van der Waals surface area contributed by atoms with Crippen LogP contribution in [0.1, 0.15) is 28.8 Å². The van der Waals surface area contributed by atoms with Crippen LogP contribution in [0.25, 0.3) is 11.0 Å².